The van der Waals surface area contributed by atoms with Gasteiger partial charge in [0, 0.05) is 6.42 Å². The molecule has 0 atom stereocenters. The lowest BCUT2D eigenvalue weighted by molar-refractivity contribution is 1.24. The van der Waals surface area contributed by atoms with Crippen LogP contribution in [0.4, 0.5) is 0 Å². The predicted octanol–water partition coefficient (Wildman–Crippen LogP) is 5.35. The summed E-state index contributed by atoms with van der Waals surface area (Å²) in [5.41, 5.74) is 4.08. The quantitative estimate of drug-likeness (QED) is 0.444. The molecule has 0 N–H and O–H groups in total. The van der Waals surface area contributed by atoms with E-state index < -0.39 is 0 Å². The molecular weight excluding hydrogens is 256 g/mol. The molecule has 18 heavy (non-hydrogen) atoms. The molecule has 0 spiro atoms. The van der Waals surface area contributed by atoms with Gasteiger partial charge >= 0.3 is 0 Å². The van der Waals surface area contributed by atoms with Gasteiger partial charge in [-0.25, -0.2) is 0 Å². The second kappa shape index (κ2) is 5.42. The van der Waals surface area contributed by atoms with Gasteiger partial charge in [-0.1, -0.05) is 60.7 Å². The van der Waals surface area contributed by atoms with Crippen molar-refractivity contribution in [3.8, 4) is 11.1 Å². The predicted molar refractivity (Wildman–Crippen MR) is 81.3 cm³/mol. The van der Waals surface area contributed by atoms with Crippen LogP contribution in [0.15, 0.2) is 66.0 Å². The summed E-state index contributed by atoms with van der Waals surface area (Å²) in [7, 11) is 3.70. The Hall–Kier alpha value is -1.51. The molecule has 0 saturated carbocycles. The Morgan fingerprint density at radius 1 is 0.833 bits per heavy atom. The van der Waals surface area contributed by atoms with Gasteiger partial charge in [0.2, 0.25) is 5.38 Å². The SMILES string of the molecule is c1ccc(Cc2s[s+]cc2-c2ccccc2)cc1. The van der Waals surface area contributed by atoms with E-state index in [4.69, 9.17) is 0 Å². The molecule has 2 heteroatoms. The van der Waals surface area contributed by atoms with Gasteiger partial charge in [-0.15, -0.1) is 0 Å². The fraction of sp³-hybridized carbons (Fsp3) is 0.0625. The molecule has 3 rings (SSSR count). The van der Waals surface area contributed by atoms with Crippen molar-refractivity contribution in [3.05, 3.63) is 76.5 Å². The lowest BCUT2D eigenvalue weighted by atomic mass is 10.0. The topological polar surface area (TPSA) is 0 Å². The minimum Gasteiger partial charge on any atom is -0.0622 e. The van der Waals surface area contributed by atoms with Gasteiger partial charge in [0.05, 0.1) is 10.4 Å². The Kier molecular flexibility index (Phi) is 3.49. The first-order valence-corrected chi connectivity index (χ1v) is 8.14. The molecule has 0 aliphatic rings. The Morgan fingerprint density at radius 2 is 1.50 bits per heavy atom. The largest absolute Gasteiger partial charge is 0.292 e. The fourth-order valence-electron chi connectivity index (χ4n) is 1.99. The van der Waals surface area contributed by atoms with Gasteiger partial charge in [-0.3, -0.25) is 0 Å². The number of hydrogen-bond donors (Lipinski definition) is 0. The highest BCUT2D eigenvalue weighted by Gasteiger charge is 2.15. The lowest BCUT2D eigenvalue weighted by Crippen LogP contribution is -1.86. The summed E-state index contributed by atoms with van der Waals surface area (Å²) in [5.74, 6) is 0. The van der Waals surface area contributed by atoms with Crippen LogP contribution in [0.1, 0.15) is 10.4 Å². The van der Waals surface area contributed by atoms with Gasteiger partial charge in [0.15, 0.2) is 10.3 Å². The van der Waals surface area contributed by atoms with E-state index in [2.05, 4.69) is 66.0 Å². The van der Waals surface area contributed by atoms with E-state index in [0.29, 0.717) is 0 Å². The molecule has 2 aromatic carbocycles. The zero-order chi connectivity index (χ0) is 12.2. The molecule has 0 fully saturated rings. The number of rotatable bonds is 3. The first-order chi connectivity index (χ1) is 8.93. The summed E-state index contributed by atoms with van der Waals surface area (Å²) in [6.45, 7) is 0. The maximum absolute atomic E-state index is 2.26. The highest BCUT2D eigenvalue weighted by Crippen LogP contribution is 2.33. The van der Waals surface area contributed by atoms with E-state index in [9.17, 15) is 0 Å². The van der Waals surface area contributed by atoms with Crippen molar-refractivity contribution in [2.75, 3.05) is 0 Å². The minimum absolute atomic E-state index is 1.03. The summed E-state index contributed by atoms with van der Waals surface area (Å²) >= 11 is 0. The average molecular weight is 269 g/mol. The molecule has 0 amide bonds. The van der Waals surface area contributed by atoms with Crippen molar-refractivity contribution >= 4 is 20.7 Å². The van der Waals surface area contributed by atoms with E-state index in [-0.39, 0.29) is 0 Å². The van der Waals surface area contributed by atoms with Gasteiger partial charge in [0.25, 0.3) is 10.3 Å². The first-order valence-electron chi connectivity index (χ1n) is 5.92. The zero-order valence-electron chi connectivity index (χ0n) is 9.87. The molecule has 3 aromatic rings. The second-order valence-electron chi connectivity index (χ2n) is 4.16. The molecule has 0 aliphatic heterocycles. The Labute approximate surface area is 115 Å². The third-order valence-corrected chi connectivity index (χ3v) is 5.08. The van der Waals surface area contributed by atoms with Crippen molar-refractivity contribution in [1.29, 1.82) is 0 Å². The second-order valence-corrected chi connectivity index (χ2v) is 6.33. The van der Waals surface area contributed by atoms with Crippen LogP contribution in [0.2, 0.25) is 0 Å². The molecule has 88 valence electrons. The third kappa shape index (κ3) is 2.50. The van der Waals surface area contributed by atoms with E-state index in [1.54, 1.807) is 0 Å². The van der Waals surface area contributed by atoms with E-state index in [1.165, 1.54) is 21.6 Å². The number of benzene rings is 2. The highest BCUT2D eigenvalue weighted by atomic mass is 32.9. The van der Waals surface area contributed by atoms with Crippen LogP contribution >= 0.6 is 20.7 Å². The Balaban J connectivity index is 1.93. The maximum Gasteiger partial charge on any atom is 0.292 e. The maximum atomic E-state index is 2.26. The molecule has 1 heterocycles. The van der Waals surface area contributed by atoms with Crippen LogP contribution in [0.3, 0.4) is 0 Å². The van der Waals surface area contributed by atoms with Crippen LogP contribution in [-0.2, 0) is 6.42 Å². The van der Waals surface area contributed by atoms with E-state index >= 15 is 0 Å². The smallest absolute Gasteiger partial charge is 0.0622 e. The lowest BCUT2D eigenvalue weighted by Gasteiger charge is -2.00. The summed E-state index contributed by atoms with van der Waals surface area (Å²) in [4.78, 5) is 1.46. The molecule has 0 saturated heterocycles. The Bertz CT molecular complexity index is 612. The van der Waals surface area contributed by atoms with Crippen molar-refractivity contribution in [3.63, 3.8) is 0 Å². The van der Waals surface area contributed by atoms with Gasteiger partial charge < -0.3 is 0 Å². The molecule has 0 aliphatic carbocycles. The first kappa shape index (κ1) is 11.6. The van der Waals surface area contributed by atoms with Crippen molar-refractivity contribution in [1.82, 2.24) is 0 Å². The molecule has 0 nitrogen and oxygen atoms in total. The van der Waals surface area contributed by atoms with Crippen molar-refractivity contribution in [2.24, 2.45) is 0 Å². The van der Waals surface area contributed by atoms with Gasteiger partial charge in [0.1, 0.15) is 0 Å². The summed E-state index contributed by atoms with van der Waals surface area (Å²) < 4.78 is 0. The standard InChI is InChI=1S/C16H13S2/c1-3-7-13(8-4-1)11-16-15(12-17-18-16)14-9-5-2-6-10-14/h1-10,12H,11H2/q+1. The summed E-state index contributed by atoms with van der Waals surface area (Å²) in [6.07, 6.45) is 1.03. The molecular formula is C16H13S2+. The van der Waals surface area contributed by atoms with Crippen LogP contribution in [0, 0.1) is 0 Å². The van der Waals surface area contributed by atoms with Crippen molar-refractivity contribution in [2.45, 2.75) is 6.42 Å². The normalized spacial score (nSPS) is 10.4. The molecule has 0 unspecified atom stereocenters. The summed E-state index contributed by atoms with van der Waals surface area (Å²) in [6, 6.07) is 21.3. The van der Waals surface area contributed by atoms with Gasteiger partial charge in [-0.05, 0) is 11.1 Å². The molecule has 0 bridgehead atoms. The van der Waals surface area contributed by atoms with Crippen molar-refractivity contribution < 1.29 is 0 Å². The van der Waals surface area contributed by atoms with Crippen LogP contribution in [0.25, 0.3) is 11.1 Å². The fourth-order valence-corrected chi connectivity index (χ4v) is 4.33. The molecule has 1 aromatic heterocycles. The Morgan fingerprint density at radius 3 is 2.22 bits per heavy atom. The highest BCUT2D eigenvalue weighted by molar-refractivity contribution is 7.69. The van der Waals surface area contributed by atoms with E-state index in [1.807, 2.05) is 20.7 Å². The van der Waals surface area contributed by atoms with Gasteiger partial charge in [-0.2, -0.15) is 0 Å². The number of hydrogen-bond acceptors (Lipinski definition) is 1. The minimum atomic E-state index is 1.03. The van der Waals surface area contributed by atoms with E-state index in [0.717, 1.165) is 6.42 Å². The monoisotopic (exact) mass is 269 g/mol. The van der Waals surface area contributed by atoms with Crippen LogP contribution < -0.4 is 0 Å². The average Bonchev–Trinajstić information content (AvgIpc) is 2.89. The zero-order valence-corrected chi connectivity index (χ0v) is 11.5. The molecule has 0 radical (unpaired) electrons. The summed E-state index contributed by atoms with van der Waals surface area (Å²) in [5, 5.41) is 2.26. The van der Waals surface area contributed by atoms with Crippen LogP contribution in [-0.4, -0.2) is 0 Å². The third-order valence-electron chi connectivity index (χ3n) is 2.91. The van der Waals surface area contributed by atoms with Crippen LogP contribution in [0.5, 0.6) is 0 Å².